The van der Waals surface area contributed by atoms with Crippen LogP contribution in [0.4, 0.5) is 30.6 Å². The van der Waals surface area contributed by atoms with Crippen molar-refractivity contribution in [3.8, 4) is 0 Å². The fourth-order valence-corrected chi connectivity index (χ4v) is 1.94. The van der Waals surface area contributed by atoms with E-state index in [1.54, 1.807) is 0 Å². The lowest BCUT2D eigenvalue weighted by molar-refractivity contribution is -0.137. The van der Waals surface area contributed by atoms with Gasteiger partial charge in [-0.15, -0.1) is 0 Å². The summed E-state index contributed by atoms with van der Waals surface area (Å²) in [6.07, 6.45) is -4.35. The Morgan fingerprint density at radius 3 is 2.09 bits per heavy atom. The number of aryl methyl sites for hydroxylation is 1. The molecule has 2 aromatic rings. The van der Waals surface area contributed by atoms with E-state index in [1.165, 1.54) is 12.1 Å². The highest BCUT2D eigenvalue weighted by Gasteiger charge is 2.29. The molecule has 124 valence electrons. The Labute approximate surface area is 133 Å². The Kier molecular flexibility index (Phi) is 4.49. The number of hydrogen-bond donors (Lipinski definition) is 2. The van der Waals surface area contributed by atoms with Crippen LogP contribution in [0.1, 0.15) is 32.0 Å². The van der Waals surface area contributed by atoms with Crippen molar-refractivity contribution >= 4 is 17.5 Å². The molecule has 0 saturated carbocycles. The molecule has 0 radical (unpaired) electrons. The van der Waals surface area contributed by atoms with Gasteiger partial charge in [0.05, 0.1) is 5.56 Å². The van der Waals surface area contributed by atoms with E-state index < -0.39 is 11.7 Å². The Morgan fingerprint density at radius 1 is 0.957 bits per heavy atom. The van der Waals surface area contributed by atoms with E-state index in [4.69, 9.17) is 0 Å². The molecule has 0 atom stereocenters. The molecule has 2 N–H and O–H groups in total. The van der Waals surface area contributed by atoms with Crippen LogP contribution >= 0.6 is 0 Å². The van der Waals surface area contributed by atoms with E-state index in [-0.39, 0.29) is 5.54 Å². The molecule has 1 heterocycles. The minimum Gasteiger partial charge on any atom is -0.365 e. The van der Waals surface area contributed by atoms with Crippen LogP contribution in [0.5, 0.6) is 0 Å². The van der Waals surface area contributed by atoms with Crippen molar-refractivity contribution in [2.75, 3.05) is 10.6 Å². The van der Waals surface area contributed by atoms with Gasteiger partial charge in [-0.2, -0.15) is 18.2 Å². The molecule has 0 amide bonds. The molecule has 0 spiro atoms. The number of aromatic nitrogens is 2. The normalized spacial score (nSPS) is 12.1. The summed E-state index contributed by atoms with van der Waals surface area (Å²) in [6.45, 7) is 7.85. The molecule has 0 saturated heterocycles. The molecule has 0 aliphatic carbocycles. The molecule has 7 heteroatoms. The van der Waals surface area contributed by atoms with Gasteiger partial charge in [0, 0.05) is 23.0 Å². The van der Waals surface area contributed by atoms with Crippen molar-refractivity contribution in [2.45, 2.75) is 39.4 Å². The zero-order chi connectivity index (χ0) is 17.3. The van der Waals surface area contributed by atoms with Gasteiger partial charge in [-0.3, -0.25) is 0 Å². The number of halogens is 3. The van der Waals surface area contributed by atoms with Crippen molar-refractivity contribution in [1.29, 1.82) is 0 Å². The third-order valence-electron chi connectivity index (χ3n) is 2.83. The Hall–Kier alpha value is -2.31. The number of nitrogens with zero attached hydrogens (tertiary/aromatic N) is 2. The molecule has 0 unspecified atom stereocenters. The minimum atomic E-state index is -4.35. The molecule has 2 rings (SSSR count). The number of rotatable bonds is 3. The topological polar surface area (TPSA) is 49.8 Å². The van der Waals surface area contributed by atoms with Gasteiger partial charge in [0.2, 0.25) is 5.95 Å². The van der Waals surface area contributed by atoms with E-state index in [2.05, 4.69) is 20.6 Å². The Morgan fingerprint density at radius 2 is 1.57 bits per heavy atom. The first-order valence-corrected chi connectivity index (χ1v) is 7.11. The maximum atomic E-state index is 12.6. The lowest BCUT2D eigenvalue weighted by atomic mass is 10.1. The van der Waals surface area contributed by atoms with Gasteiger partial charge in [0.25, 0.3) is 0 Å². The Balaban J connectivity index is 2.20. The second-order valence-corrected chi connectivity index (χ2v) is 6.29. The SMILES string of the molecule is Cc1cc(NC(C)(C)C)nc(Nc2ccc(C(F)(F)F)cc2)n1. The molecule has 23 heavy (non-hydrogen) atoms. The molecule has 0 fully saturated rings. The summed E-state index contributed by atoms with van der Waals surface area (Å²) in [6, 6.07) is 6.55. The van der Waals surface area contributed by atoms with E-state index in [0.29, 0.717) is 17.5 Å². The van der Waals surface area contributed by atoms with E-state index in [1.807, 2.05) is 33.8 Å². The third-order valence-corrected chi connectivity index (χ3v) is 2.83. The molecule has 4 nitrogen and oxygen atoms in total. The van der Waals surface area contributed by atoms with Gasteiger partial charge in [-0.25, -0.2) is 4.98 Å². The van der Waals surface area contributed by atoms with E-state index in [0.717, 1.165) is 17.8 Å². The van der Waals surface area contributed by atoms with E-state index in [9.17, 15) is 13.2 Å². The van der Waals surface area contributed by atoms with Gasteiger partial charge in [-0.1, -0.05) is 0 Å². The maximum Gasteiger partial charge on any atom is 0.416 e. The van der Waals surface area contributed by atoms with Crippen molar-refractivity contribution < 1.29 is 13.2 Å². The summed E-state index contributed by atoms with van der Waals surface area (Å²) < 4.78 is 37.7. The molecule has 1 aromatic carbocycles. The first kappa shape index (κ1) is 17.1. The van der Waals surface area contributed by atoms with Gasteiger partial charge >= 0.3 is 6.18 Å². The quantitative estimate of drug-likeness (QED) is 0.855. The summed E-state index contributed by atoms with van der Waals surface area (Å²) in [5, 5.41) is 6.16. The van der Waals surface area contributed by atoms with Crippen molar-refractivity contribution in [1.82, 2.24) is 9.97 Å². The van der Waals surface area contributed by atoms with E-state index >= 15 is 0 Å². The van der Waals surface area contributed by atoms with Crippen LogP contribution in [0.15, 0.2) is 30.3 Å². The Bertz CT molecular complexity index is 673. The number of nitrogens with one attached hydrogen (secondary N) is 2. The maximum absolute atomic E-state index is 12.6. The fourth-order valence-electron chi connectivity index (χ4n) is 1.94. The van der Waals surface area contributed by atoms with Crippen LogP contribution in [0.25, 0.3) is 0 Å². The molecular formula is C16H19F3N4. The molecule has 1 aromatic heterocycles. The van der Waals surface area contributed by atoms with Crippen LogP contribution in [0, 0.1) is 6.92 Å². The van der Waals surface area contributed by atoms with Gasteiger partial charge in [-0.05, 0) is 52.0 Å². The summed E-state index contributed by atoms with van der Waals surface area (Å²) in [5.41, 5.74) is 0.390. The standard InChI is InChI=1S/C16H19F3N4/c1-10-9-13(23-15(2,3)4)22-14(20-10)21-12-7-5-11(6-8-12)16(17,18)19/h5-9H,1-4H3,(H2,20,21,22,23). The molecule has 0 aliphatic heterocycles. The highest BCUT2D eigenvalue weighted by molar-refractivity contribution is 5.56. The van der Waals surface area contributed by atoms with Crippen LogP contribution < -0.4 is 10.6 Å². The first-order valence-electron chi connectivity index (χ1n) is 7.11. The van der Waals surface area contributed by atoms with Gasteiger partial charge in [0.1, 0.15) is 5.82 Å². The number of hydrogen-bond acceptors (Lipinski definition) is 4. The number of anilines is 3. The van der Waals surface area contributed by atoms with Crippen LogP contribution in [-0.2, 0) is 6.18 Å². The summed E-state index contributed by atoms with van der Waals surface area (Å²) in [5.74, 6) is 0.982. The van der Waals surface area contributed by atoms with Crippen molar-refractivity contribution in [2.24, 2.45) is 0 Å². The molecule has 0 aliphatic rings. The smallest absolute Gasteiger partial charge is 0.365 e. The van der Waals surface area contributed by atoms with Crippen LogP contribution in [0.2, 0.25) is 0 Å². The second kappa shape index (κ2) is 6.06. The minimum absolute atomic E-state index is 0.160. The van der Waals surface area contributed by atoms with Crippen LogP contribution in [-0.4, -0.2) is 15.5 Å². The summed E-state index contributed by atoms with van der Waals surface area (Å²) >= 11 is 0. The summed E-state index contributed by atoms with van der Waals surface area (Å²) in [4.78, 5) is 8.58. The fraction of sp³-hybridized carbons (Fsp3) is 0.375. The monoisotopic (exact) mass is 324 g/mol. The lowest BCUT2D eigenvalue weighted by Gasteiger charge is -2.21. The largest absolute Gasteiger partial charge is 0.416 e. The average Bonchev–Trinajstić information content (AvgIpc) is 2.35. The summed E-state index contributed by atoms with van der Waals surface area (Å²) in [7, 11) is 0. The zero-order valence-electron chi connectivity index (χ0n) is 13.4. The highest BCUT2D eigenvalue weighted by Crippen LogP contribution is 2.30. The van der Waals surface area contributed by atoms with Crippen LogP contribution in [0.3, 0.4) is 0 Å². The first-order chi connectivity index (χ1) is 10.5. The second-order valence-electron chi connectivity index (χ2n) is 6.29. The molecule has 0 bridgehead atoms. The van der Waals surface area contributed by atoms with Gasteiger partial charge < -0.3 is 10.6 Å². The third kappa shape index (κ3) is 5.12. The highest BCUT2D eigenvalue weighted by atomic mass is 19.4. The van der Waals surface area contributed by atoms with Gasteiger partial charge in [0.15, 0.2) is 0 Å². The predicted octanol–water partition coefficient (Wildman–Crippen LogP) is 4.76. The molecular weight excluding hydrogens is 305 g/mol. The number of benzene rings is 1. The predicted molar refractivity (Wildman–Crippen MR) is 84.9 cm³/mol. The van der Waals surface area contributed by atoms with Crippen molar-refractivity contribution in [3.05, 3.63) is 41.6 Å². The lowest BCUT2D eigenvalue weighted by Crippen LogP contribution is -2.27. The average molecular weight is 324 g/mol. The number of alkyl halides is 3. The zero-order valence-corrected chi connectivity index (χ0v) is 13.4. The van der Waals surface area contributed by atoms with Crippen molar-refractivity contribution in [3.63, 3.8) is 0 Å².